The van der Waals surface area contributed by atoms with Crippen LogP contribution >= 0.6 is 0 Å². The van der Waals surface area contributed by atoms with Gasteiger partial charge in [0.25, 0.3) is 0 Å². The van der Waals surface area contributed by atoms with E-state index in [9.17, 15) is 5.11 Å². The summed E-state index contributed by atoms with van der Waals surface area (Å²) in [7, 11) is 3.87. The molecular formula is C14H23NO2. The van der Waals surface area contributed by atoms with Crippen LogP contribution in [0.25, 0.3) is 0 Å². The van der Waals surface area contributed by atoms with E-state index in [0.29, 0.717) is 11.8 Å². The van der Waals surface area contributed by atoms with Gasteiger partial charge in [0, 0.05) is 26.3 Å². The topological polar surface area (TPSA) is 32.7 Å². The van der Waals surface area contributed by atoms with Gasteiger partial charge in [0.05, 0.1) is 0 Å². The van der Waals surface area contributed by atoms with E-state index in [-0.39, 0.29) is 0 Å². The van der Waals surface area contributed by atoms with Gasteiger partial charge in [0.1, 0.15) is 5.75 Å². The molecule has 0 aliphatic heterocycles. The summed E-state index contributed by atoms with van der Waals surface area (Å²) >= 11 is 0. The molecule has 0 saturated heterocycles. The lowest BCUT2D eigenvalue weighted by molar-refractivity contribution is 0.164. The lowest BCUT2D eigenvalue weighted by atomic mass is 10.0. The van der Waals surface area contributed by atoms with Crippen molar-refractivity contribution in [2.75, 3.05) is 27.3 Å². The quantitative estimate of drug-likeness (QED) is 0.740. The zero-order valence-corrected chi connectivity index (χ0v) is 11.0. The Balaban J connectivity index is 2.60. The first-order chi connectivity index (χ1) is 8.19. The van der Waals surface area contributed by atoms with Gasteiger partial charge in [0.15, 0.2) is 0 Å². The summed E-state index contributed by atoms with van der Waals surface area (Å²) in [4.78, 5) is 2.34. The summed E-state index contributed by atoms with van der Waals surface area (Å²) in [5.41, 5.74) is 1.25. The Bertz CT molecular complexity index is 311. The number of hydrogen-bond acceptors (Lipinski definition) is 3. The third kappa shape index (κ3) is 4.36. The Morgan fingerprint density at radius 1 is 1.29 bits per heavy atom. The second-order valence-corrected chi connectivity index (χ2v) is 4.34. The molecule has 1 N–H and O–H groups in total. The van der Waals surface area contributed by atoms with Crippen LogP contribution in [0.4, 0.5) is 0 Å². The molecule has 17 heavy (non-hydrogen) atoms. The number of nitrogens with zero attached hydrogens (tertiary/aromatic N) is 1. The highest BCUT2D eigenvalue weighted by molar-refractivity contribution is 5.28. The van der Waals surface area contributed by atoms with Crippen LogP contribution in [0.1, 0.15) is 31.4 Å². The van der Waals surface area contributed by atoms with Crippen LogP contribution in [-0.4, -0.2) is 37.3 Å². The molecule has 1 aromatic carbocycles. The maximum Gasteiger partial charge on any atom is 0.115 e. The summed E-state index contributed by atoms with van der Waals surface area (Å²) in [6.07, 6.45) is 2.11. The number of aromatic hydroxyl groups is 1. The molecule has 0 heterocycles. The smallest absolute Gasteiger partial charge is 0.115 e. The molecule has 0 aliphatic rings. The van der Waals surface area contributed by atoms with Crippen molar-refractivity contribution in [1.29, 1.82) is 0 Å². The highest BCUT2D eigenvalue weighted by Crippen LogP contribution is 2.24. The average molecular weight is 237 g/mol. The highest BCUT2D eigenvalue weighted by Gasteiger charge is 2.14. The van der Waals surface area contributed by atoms with Gasteiger partial charge in [-0.1, -0.05) is 19.1 Å². The van der Waals surface area contributed by atoms with Crippen molar-refractivity contribution in [3.63, 3.8) is 0 Å². The number of hydrogen-bond donors (Lipinski definition) is 1. The van der Waals surface area contributed by atoms with Crippen LogP contribution in [0, 0.1) is 0 Å². The minimum atomic E-state index is 0.325. The molecule has 1 unspecified atom stereocenters. The van der Waals surface area contributed by atoms with E-state index in [4.69, 9.17) is 4.74 Å². The molecule has 0 bridgehead atoms. The monoisotopic (exact) mass is 237 g/mol. The molecule has 0 spiro atoms. The van der Waals surface area contributed by atoms with Crippen LogP contribution in [0.15, 0.2) is 24.3 Å². The van der Waals surface area contributed by atoms with Crippen molar-refractivity contribution in [3.8, 4) is 5.75 Å². The Labute approximate surface area is 104 Å². The SMILES string of the molecule is CCC(c1ccc(O)cc1)N(C)CCCOC. The Morgan fingerprint density at radius 2 is 1.94 bits per heavy atom. The fraction of sp³-hybridized carbons (Fsp3) is 0.571. The normalized spacial score (nSPS) is 12.9. The Hall–Kier alpha value is -1.06. The number of rotatable bonds is 7. The van der Waals surface area contributed by atoms with Crippen LogP contribution < -0.4 is 0 Å². The molecule has 1 aromatic rings. The van der Waals surface area contributed by atoms with E-state index in [1.165, 1.54) is 5.56 Å². The van der Waals surface area contributed by atoms with Crippen molar-refractivity contribution in [2.24, 2.45) is 0 Å². The maximum absolute atomic E-state index is 9.29. The van der Waals surface area contributed by atoms with Gasteiger partial charge in [-0.15, -0.1) is 0 Å². The molecule has 0 radical (unpaired) electrons. The van der Waals surface area contributed by atoms with E-state index >= 15 is 0 Å². The molecule has 3 heteroatoms. The van der Waals surface area contributed by atoms with Gasteiger partial charge in [-0.05, 0) is 37.6 Å². The minimum absolute atomic E-state index is 0.325. The number of phenols is 1. The van der Waals surface area contributed by atoms with Crippen LogP contribution in [0.3, 0.4) is 0 Å². The van der Waals surface area contributed by atoms with Crippen molar-refractivity contribution in [3.05, 3.63) is 29.8 Å². The van der Waals surface area contributed by atoms with E-state index in [1.54, 1.807) is 19.2 Å². The number of benzene rings is 1. The van der Waals surface area contributed by atoms with Crippen LogP contribution in [0.5, 0.6) is 5.75 Å². The largest absolute Gasteiger partial charge is 0.508 e. The van der Waals surface area contributed by atoms with Gasteiger partial charge in [-0.3, -0.25) is 4.90 Å². The number of methoxy groups -OCH3 is 1. The molecule has 3 nitrogen and oxygen atoms in total. The zero-order valence-electron chi connectivity index (χ0n) is 11.0. The highest BCUT2D eigenvalue weighted by atomic mass is 16.5. The first kappa shape index (κ1) is 14.0. The first-order valence-corrected chi connectivity index (χ1v) is 6.17. The summed E-state index contributed by atoms with van der Waals surface area (Å²) in [5, 5.41) is 9.29. The molecule has 1 atom stereocenters. The Kier molecular flexibility index (Phi) is 6.01. The molecular weight excluding hydrogens is 214 g/mol. The summed E-state index contributed by atoms with van der Waals surface area (Å²) in [5.74, 6) is 0.325. The average Bonchev–Trinajstić information content (AvgIpc) is 2.33. The second kappa shape index (κ2) is 7.30. The van der Waals surface area contributed by atoms with Crippen molar-refractivity contribution < 1.29 is 9.84 Å². The lowest BCUT2D eigenvalue weighted by Gasteiger charge is -2.27. The predicted molar refractivity (Wildman–Crippen MR) is 70.3 cm³/mol. The summed E-state index contributed by atoms with van der Waals surface area (Å²) in [6, 6.07) is 7.90. The second-order valence-electron chi connectivity index (χ2n) is 4.34. The van der Waals surface area contributed by atoms with Crippen molar-refractivity contribution >= 4 is 0 Å². The molecule has 1 rings (SSSR count). The molecule has 0 amide bonds. The van der Waals surface area contributed by atoms with Gasteiger partial charge < -0.3 is 9.84 Å². The number of phenolic OH excluding ortho intramolecular Hbond substituents is 1. The van der Waals surface area contributed by atoms with Crippen molar-refractivity contribution in [1.82, 2.24) is 4.90 Å². The van der Waals surface area contributed by atoms with Crippen molar-refractivity contribution in [2.45, 2.75) is 25.8 Å². The first-order valence-electron chi connectivity index (χ1n) is 6.17. The molecule has 96 valence electrons. The molecule has 0 aliphatic carbocycles. The zero-order chi connectivity index (χ0) is 12.7. The number of ether oxygens (including phenoxy) is 1. The van der Waals surface area contributed by atoms with E-state index < -0.39 is 0 Å². The Morgan fingerprint density at radius 3 is 2.47 bits per heavy atom. The lowest BCUT2D eigenvalue weighted by Crippen LogP contribution is -2.26. The molecule has 0 saturated carbocycles. The predicted octanol–water partition coefficient (Wildman–Crippen LogP) is 2.81. The maximum atomic E-state index is 9.29. The molecule has 0 fully saturated rings. The summed E-state index contributed by atoms with van der Waals surface area (Å²) < 4.78 is 5.07. The third-order valence-corrected chi connectivity index (χ3v) is 3.06. The standard InChI is InChI=1S/C14H23NO2/c1-4-14(15(2)10-5-11-17-3)12-6-8-13(16)9-7-12/h6-9,14,16H,4-5,10-11H2,1-3H3. The van der Waals surface area contributed by atoms with E-state index in [1.807, 2.05) is 12.1 Å². The summed E-state index contributed by atoms with van der Waals surface area (Å²) in [6.45, 7) is 4.01. The van der Waals surface area contributed by atoms with Gasteiger partial charge in [-0.2, -0.15) is 0 Å². The van der Waals surface area contributed by atoms with Gasteiger partial charge in [0.2, 0.25) is 0 Å². The van der Waals surface area contributed by atoms with Crippen LogP contribution in [0.2, 0.25) is 0 Å². The third-order valence-electron chi connectivity index (χ3n) is 3.06. The minimum Gasteiger partial charge on any atom is -0.508 e. The molecule has 0 aromatic heterocycles. The fourth-order valence-corrected chi connectivity index (χ4v) is 2.11. The van der Waals surface area contributed by atoms with Gasteiger partial charge >= 0.3 is 0 Å². The van der Waals surface area contributed by atoms with E-state index in [0.717, 1.165) is 26.0 Å². The fourth-order valence-electron chi connectivity index (χ4n) is 2.11. The van der Waals surface area contributed by atoms with Gasteiger partial charge in [-0.25, -0.2) is 0 Å². The van der Waals surface area contributed by atoms with Crippen LogP contribution in [-0.2, 0) is 4.74 Å². The van der Waals surface area contributed by atoms with E-state index in [2.05, 4.69) is 18.9 Å².